The van der Waals surface area contributed by atoms with E-state index >= 15 is 0 Å². The Morgan fingerprint density at radius 1 is 0.895 bits per heavy atom. The number of aryl methyl sites for hydroxylation is 2. The summed E-state index contributed by atoms with van der Waals surface area (Å²) < 4.78 is 2.40. The van der Waals surface area contributed by atoms with E-state index < -0.39 is 0 Å². The summed E-state index contributed by atoms with van der Waals surface area (Å²) in [6.45, 7) is 5.60. The van der Waals surface area contributed by atoms with Crippen LogP contribution in [0.5, 0.6) is 0 Å². The Hall–Kier alpha value is -1.24. The monoisotopic (exact) mass is 257 g/mol. The average molecular weight is 257 g/mol. The molecular weight excluding hydrogens is 230 g/mol. The molecular formula is C18H27N. The number of unbranched alkanes of at least 4 members (excludes halogenated alkanes) is 6. The van der Waals surface area contributed by atoms with E-state index in [9.17, 15) is 0 Å². The Morgan fingerprint density at radius 3 is 2.42 bits per heavy atom. The first-order chi connectivity index (χ1) is 9.31. The van der Waals surface area contributed by atoms with Gasteiger partial charge in [-0.25, -0.2) is 0 Å². The van der Waals surface area contributed by atoms with Gasteiger partial charge in [0, 0.05) is 18.3 Å². The van der Waals surface area contributed by atoms with Gasteiger partial charge in [0.2, 0.25) is 0 Å². The molecule has 0 spiro atoms. The van der Waals surface area contributed by atoms with Gasteiger partial charge in [0.25, 0.3) is 0 Å². The highest BCUT2D eigenvalue weighted by Crippen LogP contribution is 2.18. The van der Waals surface area contributed by atoms with Gasteiger partial charge in [0.05, 0.1) is 0 Å². The standard InChI is InChI=1S/C18H27N/c1-3-4-5-6-7-8-9-13-19-14-12-17-15-16(2)10-11-18(17)19/h10-12,14-15H,3-9,13H2,1-2H3. The first kappa shape index (κ1) is 14.2. The molecule has 1 heterocycles. The minimum absolute atomic E-state index is 1.17. The Labute approximate surface area is 117 Å². The molecule has 0 radical (unpaired) electrons. The Bertz CT molecular complexity index is 495. The molecule has 0 saturated heterocycles. The second-order valence-corrected chi connectivity index (χ2v) is 5.69. The maximum atomic E-state index is 2.40. The molecule has 2 aromatic rings. The van der Waals surface area contributed by atoms with E-state index in [0.717, 1.165) is 0 Å². The van der Waals surface area contributed by atoms with Gasteiger partial charge in [-0.3, -0.25) is 0 Å². The van der Waals surface area contributed by atoms with Crippen LogP contribution < -0.4 is 0 Å². The molecule has 0 aliphatic heterocycles. The van der Waals surface area contributed by atoms with E-state index in [1.54, 1.807) is 0 Å². The highest BCUT2D eigenvalue weighted by atomic mass is 14.9. The van der Waals surface area contributed by atoms with Crippen LogP contribution in [-0.4, -0.2) is 4.57 Å². The van der Waals surface area contributed by atoms with Crippen molar-refractivity contribution in [1.29, 1.82) is 0 Å². The molecule has 0 saturated carbocycles. The van der Waals surface area contributed by atoms with Gasteiger partial charge in [0.15, 0.2) is 0 Å². The lowest BCUT2D eigenvalue weighted by atomic mass is 10.1. The van der Waals surface area contributed by atoms with Crippen LogP contribution in [0.1, 0.15) is 57.4 Å². The Balaban J connectivity index is 1.76. The van der Waals surface area contributed by atoms with Gasteiger partial charge < -0.3 is 4.57 Å². The van der Waals surface area contributed by atoms with Crippen LogP contribution in [0, 0.1) is 6.92 Å². The summed E-state index contributed by atoms with van der Waals surface area (Å²) in [5, 5.41) is 1.38. The van der Waals surface area contributed by atoms with Gasteiger partial charge in [-0.15, -0.1) is 0 Å². The van der Waals surface area contributed by atoms with E-state index in [-0.39, 0.29) is 0 Å². The van der Waals surface area contributed by atoms with E-state index in [0.29, 0.717) is 0 Å². The predicted molar refractivity (Wildman–Crippen MR) is 84.7 cm³/mol. The molecule has 1 aromatic carbocycles. The van der Waals surface area contributed by atoms with Crippen molar-refractivity contribution >= 4 is 10.9 Å². The number of rotatable bonds is 8. The molecule has 0 unspecified atom stereocenters. The van der Waals surface area contributed by atoms with Crippen LogP contribution in [0.3, 0.4) is 0 Å². The third kappa shape index (κ3) is 4.12. The molecule has 2 rings (SSSR count). The molecule has 1 nitrogen and oxygen atoms in total. The fourth-order valence-corrected chi connectivity index (χ4v) is 2.75. The average Bonchev–Trinajstić information content (AvgIpc) is 2.80. The summed E-state index contributed by atoms with van der Waals surface area (Å²) in [5.41, 5.74) is 2.73. The lowest BCUT2D eigenvalue weighted by Gasteiger charge is -2.06. The smallest absolute Gasteiger partial charge is 0.0480 e. The largest absolute Gasteiger partial charge is 0.347 e. The molecule has 0 N–H and O–H groups in total. The minimum atomic E-state index is 1.17. The van der Waals surface area contributed by atoms with Crippen molar-refractivity contribution in [3.8, 4) is 0 Å². The zero-order chi connectivity index (χ0) is 13.5. The quantitative estimate of drug-likeness (QED) is 0.534. The van der Waals surface area contributed by atoms with Gasteiger partial charge in [-0.2, -0.15) is 0 Å². The van der Waals surface area contributed by atoms with Crippen molar-refractivity contribution in [3.05, 3.63) is 36.0 Å². The van der Waals surface area contributed by atoms with Gasteiger partial charge in [-0.05, 0) is 36.9 Å². The van der Waals surface area contributed by atoms with Gasteiger partial charge in [0.1, 0.15) is 0 Å². The van der Waals surface area contributed by atoms with Crippen molar-refractivity contribution in [2.75, 3.05) is 0 Å². The first-order valence-corrected chi connectivity index (χ1v) is 7.87. The second-order valence-electron chi connectivity index (χ2n) is 5.69. The van der Waals surface area contributed by atoms with Crippen molar-refractivity contribution in [1.82, 2.24) is 4.57 Å². The Morgan fingerprint density at radius 2 is 1.63 bits per heavy atom. The third-order valence-corrected chi connectivity index (χ3v) is 3.93. The van der Waals surface area contributed by atoms with Gasteiger partial charge >= 0.3 is 0 Å². The number of benzene rings is 1. The zero-order valence-electron chi connectivity index (χ0n) is 12.5. The molecule has 0 aliphatic rings. The first-order valence-electron chi connectivity index (χ1n) is 7.87. The minimum Gasteiger partial charge on any atom is -0.347 e. The van der Waals surface area contributed by atoms with Crippen LogP contribution >= 0.6 is 0 Å². The normalized spacial score (nSPS) is 11.3. The summed E-state index contributed by atoms with van der Waals surface area (Å²) in [7, 11) is 0. The SMILES string of the molecule is CCCCCCCCCn1ccc2cc(C)ccc21. The van der Waals surface area contributed by atoms with E-state index in [1.807, 2.05) is 0 Å². The van der Waals surface area contributed by atoms with Crippen molar-refractivity contribution < 1.29 is 0 Å². The van der Waals surface area contributed by atoms with Crippen LogP contribution in [0.25, 0.3) is 10.9 Å². The van der Waals surface area contributed by atoms with Crippen LogP contribution in [-0.2, 0) is 6.54 Å². The molecule has 0 bridgehead atoms. The fraction of sp³-hybridized carbons (Fsp3) is 0.556. The number of hydrogen-bond acceptors (Lipinski definition) is 0. The molecule has 1 heteroatoms. The van der Waals surface area contributed by atoms with Crippen molar-refractivity contribution in [3.63, 3.8) is 0 Å². The molecule has 0 amide bonds. The topological polar surface area (TPSA) is 4.93 Å². The summed E-state index contributed by atoms with van der Waals surface area (Å²) in [6, 6.07) is 8.98. The molecule has 0 fully saturated rings. The fourth-order valence-electron chi connectivity index (χ4n) is 2.75. The highest BCUT2D eigenvalue weighted by molar-refractivity contribution is 5.80. The summed E-state index contributed by atoms with van der Waals surface area (Å²) in [5.74, 6) is 0. The zero-order valence-corrected chi connectivity index (χ0v) is 12.5. The van der Waals surface area contributed by atoms with Gasteiger partial charge in [-0.1, -0.05) is 57.1 Å². The van der Waals surface area contributed by atoms with Crippen molar-refractivity contribution in [2.45, 2.75) is 65.3 Å². The number of nitrogens with zero attached hydrogens (tertiary/aromatic N) is 1. The maximum absolute atomic E-state index is 2.40. The highest BCUT2D eigenvalue weighted by Gasteiger charge is 2.00. The van der Waals surface area contributed by atoms with Crippen LogP contribution in [0.2, 0.25) is 0 Å². The van der Waals surface area contributed by atoms with E-state index in [2.05, 4.69) is 48.9 Å². The molecule has 0 atom stereocenters. The maximum Gasteiger partial charge on any atom is 0.0480 e. The third-order valence-electron chi connectivity index (χ3n) is 3.93. The number of aromatic nitrogens is 1. The molecule has 0 aliphatic carbocycles. The van der Waals surface area contributed by atoms with E-state index in [1.165, 1.54) is 68.0 Å². The Kier molecular flexibility index (Phi) is 5.50. The van der Waals surface area contributed by atoms with Crippen LogP contribution in [0.15, 0.2) is 30.5 Å². The van der Waals surface area contributed by atoms with Crippen molar-refractivity contribution in [2.24, 2.45) is 0 Å². The summed E-state index contributed by atoms with van der Waals surface area (Å²) in [6.07, 6.45) is 11.9. The lowest BCUT2D eigenvalue weighted by Crippen LogP contribution is -1.96. The molecule has 104 valence electrons. The summed E-state index contributed by atoms with van der Waals surface area (Å²) in [4.78, 5) is 0. The molecule has 1 aromatic heterocycles. The number of fused-ring (bicyclic) bond motifs is 1. The predicted octanol–water partition coefficient (Wildman–Crippen LogP) is 5.70. The molecule has 19 heavy (non-hydrogen) atoms. The van der Waals surface area contributed by atoms with E-state index in [4.69, 9.17) is 0 Å². The second kappa shape index (κ2) is 7.37. The lowest BCUT2D eigenvalue weighted by molar-refractivity contribution is 0.556. The summed E-state index contributed by atoms with van der Waals surface area (Å²) >= 11 is 0. The van der Waals surface area contributed by atoms with Crippen LogP contribution in [0.4, 0.5) is 0 Å². The number of hydrogen-bond donors (Lipinski definition) is 0.